The zero-order valence-electron chi connectivity index (χ0n) is 8.05. The zero-order chi connectivity index (χ0) is 10.0. The van der Waals surface area contributed by atoms with Gasteiger partial charge < -0.3 is 20.1 Å². The van der Waals surface area contributed by atoms with Crippen LogP contribution in [-0.2, 0) is 4.74 Å². The van der Waals surface area contributed by atoms with Gasteiger partial charge in [0, 0.05) is 5.92 Å². The van der Waals surface area contributed by atoms with E-state index in [9.17, 15) is 10.2 Å². The molecule has 0 radical (unpaired) electrons. The van der Waals surface area contributed by atoms with E-state index in [0.29, 0.717) is 6.61 Å². The van der Waals surface area contributed by atoms with E-state index in [1.54, 1.807) is 0 Å². The van der Waals surface area contributed by atoms with Crippen LogP contribution >= 0.6 is 0 Å². The van der Waals surface area contributed by atoms with Crippen LogP contribution in [0.5, 0.6) is 0 Å². The Morgan fingerprint density at radius 3 is 2.38 bits per heavy atom. The Kier molecular flexibility index (Phi) is 3.67. The van der Waals surface area contributed by atoms with Crippen LogP contribution < -0.4 is 0 Å². The van der Waals surface area contributed by atoms with Crippen molar-refractivity contribution < 1.29 is 20.1 Å². The van der Waals surface area contributed by atoms with Crippen molar-refractivity contribution in [2.24, 2.45) is 11.8 Å². The van der Waals surface area contributed by atoms with Crippen LogP contribution in [0.3, 0.4) is 0 Å². The maximum atomic E-state index is 9.67. The fraction of sp³-hybridized carbons (Fsp3) is 1.00. The molecule has 0 spiro atoms. The van der Waals surface area contributed by atoms with Gasteiger partial charge in [-0.05, 0) is 5.92 Å². The summed E-state index contributed by atoms with van der Waals surface area (Å²) in [7, 11) is 0. The molecule has 1 fully saturated rings. The van der Waals surface area contributed by atoms with Crippen LogP contribution in [0.4, 0.5) is 0 Å². The SMILES string of the molecule is CC(C)[C@H]1CO[C@H](CO)[C@H](O)[C@@H]1O. The van der Waals surface area contributed by atoms with Crippen LogP contribution in [0.25, 0.3) is 0 Å². The average molecular weight is 190 g/mol. The zero-order valence-corrected chi connectivity index (χ0v) is 8.05. The molecule has 1 rings (SSSR count). The molecule has 0 aromatic rings. The molecule has 4 nitrogen and oxygen atoms in total. The van der Waals surface area contributed by atoms with Crippen LogP contribution in [-0.4, -0.2) is 46.8 Å². The highest BCUT2D eigenvalue weighted by atomic mass is 16.5. The van der Waals surface area contributed by atoms with Gasteiger partial charge in [0.25, 0.3) is 0 Å². The van der Waals surface area contributed by atoms with E-state index in [-0.39, 0.29) is 18.4 Å². The third kappa shape index (κ3) is 2.20. The second-order valence-electron chi connectivity index (χ2n) is 3.94. The summed E-state index contributed by atoms with van der Waals surface area (Å²) in [6.45, 7) is 4.11. The summed E-state index contributed by atoms with van der Waals surface area (Å²) >= 11 is 0. The lowest BCUT2D eigenvalue weighted by Crippen LogP contribution is -2.52. The van der Waals surface area contributed by atoms with Crippen LogP contribution in [0, 0.1) is 11.8 Å². The lowest BCUT2D eigenvalue weighted by molar-refractivity contribution is -0.182. The van der Waals surface area contributed by atoms with Crippen molar-refractivity contribution in [1.82, 2.24) is 0 Å². The molecule has 0 unspecified atom stereocenters. The quantitative estimate of drug-likeness (QED) is 0.542. The van der Waals surface area contributed by atoms with Crippen molar-refractivity contribution >= 4 is 0 Å². The Morgan fingerprint density at radius 1 is 1.31 bits per heavy atom. The molecule has 0 aromatic carbocycles. The van der Waals surface area contributed by atoms with Gasteiger partial charge >= 0.3 is 0 Å². The molecular weight excluding hydrogens is 172 g/mol. The topological polar surface area (TPSA) is 69.9 Å². The van der Waals surface area contributed by atoms with Crippen LogP contribution in [0.15, 0.2) is 0 Å². The monoisotopic (exact) mass is 190 g/mol. The number of hydrogen-bond donors (Lipinski definition) is 3. The molecule has 0 amide bonds. The summed E-state index contributed by atoms with van der Waals surface area (Å²) in [4.78, 5) is 0. The predicted molar refractivity (Wildman–Crippen MR) is 47.2 cm³/mol. The molecule has 3 N–H and O–H groups in total. The average Bonchev–Trinajstić information content (AvgIpc) is 2.09. The van der Waals surface area contributed by atoms with E-state index in [2.05, 4.69) is 0 Å². The van der Waals surface area contributed by atoms with Crippen LogP contribution in [0.2, 0.25) is 0 Å². The molecule has 1 aliphatic rings. The number of hydrogen-bond acceptors (Lipinski definition) is 4. The number of aliphatic hydroxyl groups excluding tert-OH is 3. The lowest BCUT2D eigenvalue weighted by Gasteiger charge is -2.38. The van der Waals surface area contributed by atoms with Crippen LogP contribution in [0.1, 0.15) is 13.8 Å². The summed E-state index contributed by atoms with van der Waals surface area (Å²) < 4.78 is 5.22. The molecular formula is C9H18O4. The maximum absolute atomic E-state index is 9.67. The Hall–Kier alpha value is -0.160. The minimum atomic E-state index is -0.967. The van der Waals surface area contributed by atoms with Gasteiger partial charge in [-0.25, -0.2) is 0 Å². The van der Waals surface area contributed by atoms with Crippen molar-refractivity contribution in [3.05, 3.63) is 0 Å². The van der Waals surface area contributed by atoms with Gasteiger partial charge in [0.2, 0.25) is 0 Å². The van der Waals surface area contributed by atoms with Crippen molar-refractivity contribution in [2.75, 3.05) is 13.2 Å². The maximum Gasteiger partial charge on any atom is 0.109 e. The summed E-state index contributed by atoms with van der Waals surface area (Å²) in [5.74, 6) is 0.224. The molecule has 4 atom stereocenters. The molecule has 13 heavy (non-hydrogen) atoms. The van der Waals surface area contributed by atoms with E-state index < -0.39 is 18.3 Å². The van der Waals surface area contributed by atoms with E-state index in [1.807, 2.05) is 13.8 Å². The Labute approximate surface area is 78.1 Å². The summed E-state index contributed by atoms with van der Waals surface area (Å²) in [5.41, 5.74) is 0. The summed E-state index contributed by atoms with van der Waals surface area (Å²) in [6.07, 6.45) is -2.39. The highest BCUT2D eigenvalue weighted by molar-refractivity contribution is 4.87. The smallest absolute Gasteiger partial charge is 0.109 e. The molecule has 1 aliphatic heterocycles. The normalized spacial score (nSPS) is 41.1. The minimum Gasteiger partial charge on any atom is -0.394 e. The molecule has 78 valence electrons. The van der Waals surface area contributed by atoms with Crippen molar-refractivity contribution in [3.63, 3.8) is 0 Å². The first-order valence-electron chi connectivity index (χ1n) is 4.66. The van der Waals surface area contributed by atoms with Gasteiger partial charge in [-0.15, -0.1) is 0 Å². The van der Waals surface area contributed by atoms with Gasteiger partial charge in [0.15, 0.2) is 0 Å². The van der Waals surface area contributed by atoms with Gasteiger partial charge in [-0.2, -0.15) is 0 Å². The molecule has 0 bridgehead atoms. The third-order valence-corrected chi connectivity index (χ3v) is 2.71. The summed E-state index contributed by atoms with van der Waals surface area (Å²) in [6, 6.07) is 0. The van der Waals surface area contributed by atoms with E-state index in [4.69, 9.17) is 9.84 Å². The predicted octanol–water partition coefficient (Wildman–Crippen LogP) is -0.629. The molecule has 0 aliphatic carbocycles. The van der Waals surface area contributed by atoms with Crippen molar-refractivity contribution in [1.29, 1.82) is 0 Å². The van der Waals surface area contributed by atoms with Gasteiger partial charge in [0.1, 0.15) is 12.2 Å². The largest absolute Gasteiger partial charge is 0.394 e. The Morgan fingerprint density at radius 2 is 1.92 bits per heavy atom. The minimum absolute atomic E-state index is 0.0437. The summed E-state index contributed by atoms with van der Waals surface area (Å²) in [5, 5.41) is 28.0. The first kappa shape index (κ1) is 10.9. The molecule has 4 heteroatoms. The number of ether oxygens (including phenoxy) is 1. The van der Waals surface area contributed by atoms with Gasteiger partial charge in [-0.3, -0.25) is 0 Å². The van der Waals surface area contributed by atoms with Gasteiger partial charge in [-0.1, -0.05) is 13.8 Å². The third-order valence-electron chi connectivity index (χ3n) is 2.71. The first-order valence-corrected chi connectivity index (χ1v) is 4.66. The molecule has 1 saturated heterocycles. The molecule has 0 saturated carbocycles. The highest BCUT2D eigenvalue weighted by Crippen LogP contribution is 2.25. The Bertz CT molecular complexity index is 160. The van der Waals surface area contributed by atoms with Crippen molar-refractivity contribution in [3.8, 4) is 0 Å². The fourth-order valence-electron chi connectivity index (χ4n) is 1.65. The van der Waals surface area contributed by atoms with Crippen molar-refractivity contribution in [2.45, 2.75) is 32.2 Å². The Balaban J connectivity index is 2.59. The highest BCUT2D eigenvalue weighted by Gasteiger charge is 2.38. The van der Waals surface area contributed by atoms with E-state index in [1.165, 1.54) is 0 Å². The number of aliphatic hydroxyl groups is 3. The van der Waals surface area contributed by atoms with E-state index >= 15 is 0 Å². The van der Waals surface area contributed by atoms with Gasteiger partial charge in [0.05, 0.1) is 19.3 Å². The standard InChI is InChI=1S/C9H18O4/c1-5(2)6-4-13-7(3-10)9(12)8(6)11/h5-12H,3-4H2,1-2H3/t6-,7-,8-,9+/m1/s1. The molecule has 1 heterocycles. The van der Waals surface area contributed by atoms with E-state index in [0.717, 1.165) is 0 Å². The number of rotatable bonds is 2. The second kappa shape index (κ2) is 4.37. The fourth-order valence-corrected chi connectivity index (χ4v) is 1.65. The second-order valence-corrected chi connectivity index (χ2v) is 3.94. The first-order chi connectivity index (χ1) is 6.07. The molecule has 0 aromatic heterocycles. The lowest BCUT2D eigenvalue weighted by atomic mass is 9.84.